The molecule has 188 valence electrons. The number of nitrogens with zero attached hydrogens (tertiary/aromatic N) is 1. The van der Waals surface area contributed by atoms with E-state index in [1.165, 1.54) is 10.4 Å². The van der Waals surface area contributed by atoms with Crippen LogP contribution in [0.25, 0.3) is 0 Å². The molecule has 2 heterocycles. The summed E-state index contributed by atoms with van der Waals surface area (Å²) in [6, 6.07) is 2.90. The Morgan fingerprint density at radius 3 is 2.06 bits per heavy atom. The Labute approximate surface area is 204 Å². The highest BCUT2D eigenvalue weighted by molar-refractivity contribution is 7.91. The van der Waals surface area contributed by atoms with Gasteiger partial charge in [-0.25, -0.2) is 27.8 Å². The van der Waals surface area contributed by atoms with Gasteiger partial charge in [-0.05, 0) is 44.7 Å². The summed E-state index contributed by atoms with van der Waals surface area (Å²) in [5.41, 5.74) is -0.901. The Balaban J connectivity index is 0.000000464. The third-order valence-corrected chi connectivity index (χ3v) is 8.69. The minimum absolute atomic E-state index is 0.152. The maximum Gasteiger partial charge on any atom is 0.352 e. The van der Waals surface area contributed by atoms with Crippen molar-refractivity contribution < 1.29 is 37.3 Å². The van der Waals surface area contributed by atoms with Crippen LogP contribution in [0.1, 0.15) is 67.2 Å². The Kier molecular flexibility index (Phi) is 11.4. The summed E-state index contributed by atoms with van der Waals surface area (Å²) < 4.78 is 34.2. The number of Topliss-reactive ketones (excluding diaryl/α,β-unsaturated/α-hetero) is 1. The van der Waals surface area contributed by atoms with Crippen LogP contribution in [0.5, 0.6) is 0 Å². The van der Waals surface area contributed by atoms with Crippen molar-refractivity contribution >= 4 is 50.7 Å². The quantitative estimate of drug-likeness (QED) is 0.422. The molecule has 0 N–H and O–H groups in total. The number of halogens is 1. The van der Waals surface area contributed by atoms with Crippen LogP contribution in [0.4, 0.5) is 0 Å². The van der Waals surface area contributed by atoms with E-state index in [9.17, 15) is 22.8 Å². The monoisotopic (exact) mass is 525 g/mol. The number of carbonyl (C=O) groups excluding carboxylic acids is 3. The highest BCUT2D eigenvalue weighted by atomic mass is 35.5. The molecule has 2 fully saturated rings. The Morgan fingerprint density at radius 2 is 1.64 bits per heavy atom. The molecule has 2 aliphatic rings. The van der Waals surface area contributed by atoms with E-state index in [0.717, 1.165) is 38.0 Å². The SMILES string of the molecule is CC.CC(=O)OOC(C)=O.CC1(C)OCC(C2CCC(=O)CC2)N1S(=O)(=O)c1ccc(Cl)s1. The fraction of sp³-hybridized carbons (Fsp3) is 0.667. The van der Waals surface area contributed by atoms with Gasteiger partial charge in [-0.1, -0.05) is 25.4 Å². The van der Waals surface area contributed by atoms with E-state index >= 15 is 0 Å². The first-order chi connectivity index (χ1) is 15.3. The smallest absolute Gasteiger partial charge is 0.352 e. The lowest BCUT2D eigenvalue weighted by molar-refractivity contribution is -0.255. The maximum absolute atomic E-state index is 13.1. The van der Waals surface area contributed by atoms with E-state index in [1.807, 2.05) is 13.8 Å². The third kappa shape index (κ3) is 8.32. The van der Waals surface area contributed by atoms with Gasteiger partial charge in [-0.3, -0.25) is 4.79 Å². The van der Waals surface area contributed by atoms with Crippen molar-refractivity contribution in [2.75, 3.05) is 6.61 Å². The van der Waals surface area contributed by atoms with E-state index in [2.05, 4.69) is 9.78 Å². The van der Waals surface area contributed by atoms with Gasteiger partial charge in [0.15, 0.2) is 0 Å². The molecule has 1 aliphatic heterocycles. The first-order valence-corrected chi connectivity index (χ1v) is 13.3. The molecule has 9 nitrogen and oxygen atoms in total. The molecule has 1 aliphatic carbocycles. The van der Waals surface area contributed by atoms with Crippen LogP contribution in [0.2, 0.25) is 4.34 Å². The highest BCUT2D eigenvalue weighted by Gasteiger charge is 2.51. The number of hydrogen-bond donors (Lipinski definition) is 0. The predicted molar refractivity (Wildman–Crippen MR) is 124 cm³/mol. The number of carbonyl (C=O) groups is 3. The van der Waals surface area contributed by atoms with E-state index in [4.69, 9.17) is 16.3 Å². The molecule has 1 aromatic heterocycles. The lowest BCUT2D eigenvalue weighted by Gasteiger charge is -2.36. The van der Waals surface area contributed by atoms with Crippen LogP contribution in [0.15, 0.2) is 16.3 Å². The molecule has 1 saturated heterocycles. The normalized spacial score (nSPS) is 20.7. The summed E-state index contributed by atoms with van der Waals surface area (Å²) in [6.45, 7) is 10.2. The molecular formula is C21H32ClNO8S2. The van der Waals surface area contributed by atoms with Crippen LogP contribution >= 0.6 is 22.9 Å². The van der Waals surface area contributed by atoms with Crippen molar-refractivity contribution in [1.29, 1.82) is 0 Å². The topological polar surface area (TPSA) is 116 Å². The van der Waals surface area contributed by atoms with E-state index in [1.54, 1.807) is 19.9 Å². The molecule has 0 bridgehead atoms. The number of hydrogen-bond acceptors (Lipinski definition) is 9. The molecule has 0 amide bonds. The number of ether oxygens (including phenoxy) is 1. The number of sulfonamides is 1. The minimum Gasteiger partial charge on any atom is -0.358 e. The van der Waals surface area contributed by atoms with Crippen molar-refractivity contribution in [3.05, 3.63) is 16.5 Å². The van der Waals surface area contributed by atoms with Crippen molar-refractivity contribution in [2.45, 2.75) is 83.2 Å². The summed E-state index contributed by atoms with van der Waals surface area (Å²) in [6.07, 6.45) is 2.50. The van der Waals surface area contributed by atoms with Gasteiger partial charge in [0, 0.05) is 26.7 Å². The highest BCUT2D eigenvalue weighted by Crippen LogP contribution is 2.41. The standard InChI is InChI=1S/C15H20ClNO4S2.C4H6O4.C2H6/c1-15(2)17(23(19,20)14-8-7-13(16)22-14)12(9-21-15)10-3-5-11(18)6-4-10;1-3(5)7-8-4(2)6;1-2/h7-8,10,12H,3-6,9H2,1-2H3;1-2H3;1-2H3. The van der Waals surface area contributed by atoms with Crippen molar-refractivity contribution in [1.82, 2.24) is 4.31 Å². The van der Waals surface area contributed by atoms with Gasteiger partial charge < -0.3 is 4.74 Å². The van der Waals surface area contributed by atoms with Crippen molar-refractivity contribution in [3.8, 4) is 0 Å². The van der Waals surface area contributed by atoms with Crippen LogP contribution in [0.3, 0.4) is 0 Å². The molecule has 12 heteroatoms. The van der Waals surface area contributed by atoms with Gasteiger partial charge >= 0.3 is 11.9 Å². The summed E-state index contributed by atoms with van der Waals surface area (Å²) >= 11 is 6.97. The summed E-state index contributed by atoms with van der Waals surface area (Å²) in [4.78, 5) is 38.8. The second kappa shape index (κ2) is 12.8. The summed E-state index contributed by atoms with van der Waals surface area (Å²) in [5, 5.41) is 0. The number of thiophene rings is 1. The van der Waals surface area contributed by atoms with Crippen molar-refractivity contribution in [3.63, 3.8) is 0 Å². The van der Waals surface area contributed by atoms with Gasteiger partial charge in [-0.15, -0.1) is 11.3 Å². The van der Waals surface area contributed by atoms with Gasteiger partial charge in [0.05, 0.1) is 17.0 Å². The zero-order valence-corrected chi connectivity index (χ0v) is 22.1. The van der Waals surface area contributed by atoms with Crippen LogP contribution in [0, 0.1) is 5.92 Å². The van der Waals surface area contributed by atoms with Gasteiger partial charge in [0.25, 0.3) is 10.0 Å². The number of ketones is 1. The Bertz CT molecular complexity index is 904. The summed E-state index contributed by atoms with van der Waals surface area (Å²) in [7, 11) is -3.68. The first kappa shape index (κ1) is 29.5. The molecule has 1 atom stereocenters. The van der Waals surface area contributed by atoms with Crippen molar-refractivity contribution in [2.24, 2.45) is 5.92 Å². The van der Waals surface area contributed by atoms with Gasteiger partial charge in [0.1, 0.15) is 15.7 Å². The molecule has 1 aromatic rings. The lowest BCUT2D eigenvalue weighted by atomic mass is 9.83. The maximum atomic E-state index is 13.1. The zero-order valence-electron chi connectivity index (χ0n) is 19.8. The lowest BCUT2D eigenvalue weighted by Crippen LogP contribution is -2.50. The first-order valence-electron chi connectivity index (χ1n) is 10.7. The number of rotatable bonds is 3. The van der Waals surface area contributed by atoms with Crippen LogP contribution in [-0.2, 0) is 38.9 Å². The largest absolute Gasteiger partial charge is 0.358 e. The Morgan fingerprint density at radius 1 is 1.12 bits per heavy atom. The zero-order chi connectivity index (χ0) is 25.4. The van der Waals surface area contributed by atoms with Gasteiger partial charge in [-0.2, -0.15) is 4.31 Å². The second-order valence-electron chi connectivity index (χ2n) is 7.71. The molecule has 3 rings (SSSR count). The predicted octanol–water partition coefficient (Wildman–Crippen LogP) is 4.34. The third-order valence-electron chi connectivity index (χ3n) is 4.91. The Hall–Kier alpha value is -1.53. The van der Waals surface area contributed by atoms with Gasteiger partial charge in [0.2, 0.25) is 0 Å². The fourth-order valence-electron chi connectivity index (χ4n) is 3.61. The molecule has 0 radical (unpaired) electrons. The fourth-order valence-corrected chi connectivity index (χ4v) is 7.11. The molecular weight excluding hydrogens is 494 g/mol. The molecule has 0 spiro atoms. The molecule has 33 heavy (non-hydrogen) atoms. The van der Waals surface area contributed by atoms with Crippen LogP contribution < -0.4 is 0 Å². The van der Waals surface area contributed by atoms with E-state index in [-0.39, 0.29) is 22.0 Å². The molecule has 1 saturated carbocycles. The average molecular weight is 526 g/mol. The average Bonchev–Trinajstić information content (AvgIpc) is 3.32. The minimum atomic E-state index is -3.68. The second-order valence-corrected chi connectivity index (χ2v) is 11.5. The van der Waals surface area contributed by atoms with E-state index < -0.39 is 27.7 Å². The summed E-state index contributed by atoms with van der Waals surface area (Å²) in [5.74, 6) is -0.862. The molecule has 1 unspecified atom stereocenters. The van der Waals surface area contributed by atoms with E-state index in [0.29, 0.717) is 23.8 Å². The van der Waals surface area contributed by atoms with Crippen LogP contribution in [-0.4, -0.2) is 48.8 Å². The molecule has 0 aromatic carbocycles.